The quantitative estimate of drug-likeness (QED) is 0.290. The Morgan fingerprint density at radius 3 is 2.36 bits per heavy atom. The zero-order valence-electron chi connectivity index (χ0n) is 11.9. The van der Waals surface area contributed by atoms with Crippen LogP contribution in [0, 0.1) is 0 Å². The Hall–Kier alpha value is -1.46. The fraction of sp³-hybridized carbons (Fsp3) is 0.636. The predicted octanol–water partition coefficient (Wildman–Crippen LogP) is -1.12. The maximum absolute atomic E-state index is 11.8. The molecule has 0 aromatic rings. The van der Waals surface area contributed by atoms with Gasteiger partial charge in [0.05, 0.1) is 0 Å². The summed E-state index contributed by atoms with van der Waals surface area (Å²) in [4.78, 5) is 44.5. The van der Waals surface area contributed by atoms with Gasteiger partial charge in [0.1, 0.15) is 18.6 Å². The highest BCUT2D eigenvalue weighted by Crippen LogP contribution is 2.17. The van der Waals surface area contributed by atoms with E-state index in [1.807, 2.05) is 0 Å². The minimum Gasteiger partial charge on any atom is -0.480 e. The van der Waals surface area contributed by atoms with Gasteiger partial charge in [0.25, 0.3) is 0 Å². The molecule has 0 aliphatic rings. The van der Waals surface area contributed by atoms with Crippen molar-refractivity contribution in [2.45, 2.75) is 24.9 Å². The van der Waals surface area contributed by atoms with E-state index >= 15 is 0 Å². The third-order valence-electron chi connectivity index (χ3n) is 2.42. The molecule has 0 spiro atoms. The van der Waals surface area contributed by atoms with Crippen molar-refractivity contribution < 1.29 is 29.4 Å². The highest BCUT2D eigenvalue weighted by Gasteiger charge is 2.22. The summed E-state index contributed by atoms with van der Waals surface area (Å²) in [6.45, 7) is -0.543. The lowest BCUT2D eigenvalue weighted by Crippen LogP contribution is -2.49. The van der Waals surface area contributed by atoms with Crippen LogP contribution in [0.2, 0.25) is 0 Å². The number of hydrogen-bond donors (Lipinski definition) is 5. The summed E-state index contributed by atoms with van der Waals surface area (Å²) in [6, 6.07) is -2.05. The van der Waals surface area contributed by atoms with E-state index in [2.05, 4.69) is 10.6 Å². The van der Waals surface area contributed by atoms with Gasteiger partial charge < -0.3 is 26.6 Å². The Labute approximate surface area is 135 Å². The van der Waals surface area contributed by atoms with Gasteiger partial charge in [-0.3, -0.25) is 19.2 Å². The standard InChI is InChI=1S/C11H19N3O6S2/c1-21-22-5-7(10(18)13-4-9(16)17)14-8(15)3-2-6(12)11(19)20/h6-7H,2-5,12H2,1H3,(H,13,18)(H,14,15)(H,16,17)(H,19,20). The van der Waals surface area contributed by atoms with Crippen molar-refractivity contribution in [1.29, 1.82) is 0 Å². The van der Waals surface area contributed by atoms with Gasteiger partial charge in [0, 0.05) is 12.2 Å². The van der Waals surface area contributed by atoms with E-state index in [9.17, 15) is 19.2 Å². The number of carboxylic acids is 2. The molecule has 2 amide bonds. The van der Waals surface area contributed by atoms with Crippen LogP contribution in [-0.4, -0.2) is 64.6 Å². The third-order valence-corrected chi connectivity index (χ3v) is 4.24. The molecule has 0 aliphatic heterocycles. The molecule has 0 aromatic carbocycles. The van der Waals surface area contributed by atoms with Gasteiger partial charge >= 0.3 is 11.9 Å². The van der Waals surface area contributed by atoms with Gasteiger partial charge in [0.2, 0.25) is 11.8 Å². The zero-order valence-corrected chi connectivity index (χ0v) is 13.5. The van der Waals surface area contributed by atoms with Gasteiger partial charge in [-0.05, 0) is 12.7 Å². The molecule has 0 radical (unpaired) electrons. The van der Waals surface area contributed by atoms with Crippen molar-refractivity contribution >= 4 is 45.3 Å². The highest BCUT2D eigenvalue weighted by molar-refractivity contribution is 8.76. The van der Waals surface area contributed by atoms with Crippen molar-refractivity contribution in [3.05, 3.63) is 0 Å². The normalized spacial score (nSPS) is 13.0. The van der Waals surface area contributed by atoms with Crippen LogP contribution >= 0.6 is 21.6 Å². The average Bonchev–Trinajstić information content (AvgIpc) is 2.46. The van der Waals surface area contributed by atoms with E-state index in [1.165, 1.54) is 21.6 Å². The zero-order chi connectivity index (χ0) is 17.1. The van der Waals surface area contributed by atoms with Gasteiger partial charge in [-0.15, -0.1) is 0 Å². The first-order valence-electron chi connectivity index (χ1n) is 6.20. The molecule has 0 fully saturated rings. The van der Waals surface area contributed by atoms with Crippen LogP contribution in [0.15, 0.2) is 0 Å². The molecule has 0 aliphatic carbocycles. The molecule has 0 aromatic heterocycles. The second-order valence-electron chi connectivity index (χ2n) is 4.17. The molecular weight excluding hydrogens is 334 g/mol. The topological polar surface area (TPSA) is 159 Å². The van der Waals surface area contributed by atoms with Crippen LogP contribution in [-0.2, 0) is 19.2 Å². The lowest BCUT2D eigenvalue weighted by Gasteiger charge is -2.17. The summed E-state index contributed by atoms with van der Waals surface area (Å²) >= 11 is 0. The highest BCUT2D eigenvalue weighted by atomic mass is 33.1. The summed E-state index contributed by atoms with van der Waals surface area (Å²) < 4.78 is 0. The minimum absolute atomic E-state index is 0.0553. The van der Waals surface area contributed by atoms with Crippen molar-refractivity contribution in [1.82, 2.24) is 10.6 Å². The summed E-state index contributed by atoms with van der Waals surface area (Å²) in [5.74, 6) is -3.28. The van der Waals surface area contributed by atoms with Crippen LogP contribution in [0.4, 0.5) is 0 Å². The van der Waals surface area contributed by atoms with E-state index in [1.54, 1.807) is 6.26 Å². The molecule has 0 saturated carbocycles. The molecule has 22 heavy (non-hydrogen) atoms. The number of carbonyl (C=O) groups excluding carboxylic acids is 2. The lowest BCUT2D eigenvalue weighted by molar-refractivity contribution is -0.139. The summed E-state index contributed by atoms with van der Waals surface area (Å²) in [5.41, 5.74) is 5.29. The fourth-order valence-corrected chi connectivity index (χ4v) is 2.60. The second-order valence-corrected chi connectivity index (χ2v) is 6.78. The first-order chi connectivity index (χ1) is 10.3. The van der Waals surface area contributed by atoms with Gasteiger partial charge in [-0.2, -0.15) is 0 Å². The van der Waals surface area contributed by atoms with Gasteiger partial charge in [0.15, 0.2) is 0 Å². The van der Waals surface area contributed by atoms with Gasteiger partial charge in [-0.1, -0.05) is 21.6 Å². The molecule has 0 heterocycles. The molecule has 2 atom stereocenters. The number of carboxylic acid groups (broad SMARTS) is 2. The Balaban J connectivity index is 4.43. The van der Waals surface area contributed by atoms with Crippen molar-refractivity contribution in [2.75, 3.05) is 18.6 Å². The van der Waals surface area contributed by atoms with Crippen LogP contribution in [0.3, 0.4) is 0 Å². The molecule has 9 nitrogen and oxygen atoms in total. The maximum Gasteiger partial charge on any atom is 0.322 e. The summed E-state index contributed by atoms with van der Waals surface area (Å²) in [7, 11) is 2.72. The van der Waals surface area contributed by atoms with E-state index < -0.39 is 42.4 Å². The van der Waals surface area contributed by atoms with Crippen LogP contribution in [0.1, 0.15) is 12.8 Å². The Morgan fingerprint density at radius 1 is 1.23 bits per heavy atom. The smallest absolute Gasteiger partial charge is 0.322 e. The van der Waals surface area contributed by atoms with Crippen molar-refractivity contribution in [2.24, 2.45) is 5.73 Å². The molecule has 0 saturated heterocycles. The molecule has 0 bridgehead atoms. The number of aliphatic carboxylic acids is 2. The molecule has 126 valence electrons. The lowest BCUT2D eigenvalue weighted by atomic mass is 10.1. The Morgan fingerprint density at radius 2 is 1.86 bits per heavy atom. The fourth-order valence-electron chi connectivity index (χ4n) is 1.28. The monoisotopic (exact) mass is 353 g/mol. The van der Waals surface area contributed by atoms with Crippen LogP contribution in [0.5, 0.6) is 0 Å². The maximum atomic E-state index is 11.8. The molecule has 6 N–H and O–H groups in total. The Kier molecular flexibility index (Phi) is 10.4. The SMILES string of the molecule is CSSCC(NC(=O)CCC(N)C(=O)O)C(=O)NCC(=O)O. The predicted molar refractivity (Wildman–Crippen MR) is 83.4 cm³/mol. The molecule has 2 unspecified atom stereocenters. The van der Waals surface area contributed by atoms with E-state index in [-0.39, 0.29) is 18.6 Å². The van der Waals surface area contributed by atoms with E-state index in [0.717, 1.165) is 0 Å². The van der Waals surface area contributed by atoms with E-state index in [0.29, 0.717) is 0 Å². The van der Waals surface area contributed by atoms with Crippen molar-refractivity contribution in [3.63, 3.8) is 0 Å². The average molecular weight is 353 g/mol. The summed E-state index contributed by atoms with van der Waals surface area (Å²) in [6.07, 6.45) is 1.60. The number of carbonyl (C=O) groups is 4. The molecule has 11 heteroatoms. The van der Waals surface area contributed by atoms with Gasteiger partial charge in [-0.25, -0.2) is 0 Å². The van der Waals surface area contributed by atoms with Crippen LogP contribution in [0.25, 0.3) is 0 Å². The second kappa shape index (κ2) is 11.2. The number of hydrogen-bond acceptors (Lipinski definition) is 7. The van der Waals surface area contributed by atoms with E-state index in [4.69, 9.17) is 15.9 Å². The molecule has 0 rings (SSSR count). The summed E-state index contributed by atoms with van der Waals surface area (Å²) in [5, 5.41) is 21.8. The third kappa shape index (κ3) is 9.47. The number of nitrogens with two attached hydrogens (primary N) is 1. The largest absolute Gasteiger partial charge is 0.480 e. The minimum atomic E-state index is -1.21. The molecular formula is C11H19N3O6S2. The number of amides is 2. The van der Waals surface area contributed by atoms with Crippen molar-refractivity contribution in [3.8, 4) is 0 Å². The first kappa shape index (κ1) is 20.5. The first-order valence-corrected chi connectivity index (χ1v) is 8.93. The Bertz CT molecular complexity index is 421. The number of rotatable bonds is 11. The van der Waals surface area contributed by atoms with Crippen LogP contribution < -0.4 is 16.4 Å². The number of nitrogens with one attached hydrogen (secondary N) is 2.